The molecule has 2 aliphatic carbocycles. The number of esters is 1. The summed E-state index contributed by atoms with van der Waals surface area (Å²) < 4.78 is 17.3. The van der Waals surface area contributed by atoms with Crippen molar-refractivity contribution in [3.63, 3.8) is 0 Å². The highest BCUT2D eigenvalue weighted by atomic mass is 16.7. The highest BCUT2D eigenvalue weighted by molar-refractivity contribution is 6.23. The average Bonchev–Trinajstić information content (AvgIpc) is 3.32. The molecule has 7 nitrogen and oxygen atoms in total. The SMILES string of the molecule is CCOC(=O)[C@H]1C=C2[C@@H](CCCC23OCCO3)[C@H]2C(=O)N(c3ccccc3)C(=O)[C@H]21. The Morgan fingerprint density at radius 3 is 2.53 bits per heavy atom. The number of carbonyl (C=O) groups is 3. The molecule has 2 aliphatic heterocycles. The van der Waals surface area contributed by atoms with Crippen LogP contribution in [-0.2, 0) is 28.6 Å². The Hall–Kier alpha value is -2.51. The summed E-state index contributed by atoms with van der Waals surface area (Å²) >= 11 is 0. The van der Waals surface area contributed by atoms with Crippen LogP contribution >= 0.6 is 0 Å². The molecule has 1 saturated carbocycles. The van der Waals surface area contributed by atoms with Crippen LogP contribution in [0, 0.1) is 23.7 Å². The topological polar surface area (TPSA) is 82.1 Å². The van der Waals surface area contributed by atoms with E-state index in [0.29, 0.717) is 25.3 Å². The summed E-state index contributed by atoms with van der Waals surface area (Å²) in [6.45, 7) is 2.90. The fourth-order valence-electron chi connectivity index (χ4n) is 5.62. The summed E-state index contributed by atoms with van der Waals surface area (Å²) in [7, 11) is 0. The first-order chi connectivity index (χ1) is 14.6. The molecular weight excluding hydrogens is 386 g/mol. The number of hydrogen-bond acceptors (Lipinski definition) is 6. The zero-order valence-corrected chi connectivity index (χ0v) is 16.9. The van der Waals surface area contributed by atoms with Gasteiger partial charge >= 0.3 is 5.97 Å². The summed E-state index contributed by atoms with van der Waals surface area (Å²) in [6.07, 6.45) is 4.10. The van der Waals surface area contributed by atoms with Gasteiger partial charge in [0.05, 0.1) is 43.3 Å². The number of para-hydroxylation sites is 1. The predicted molar refractivity (Wildman–Crippen MR) is 106 cm³/mol. The van der Waals surface area contributed by atoms with Gasteiger partial charge in [0.25, 0.3) is 0 Å². The van der Waals surface area contributed by atoms with E-state index in [4.69, 9.17) is 14.2 Å². The molecule has 0 bridgehead atoms. The first kappa shape index (κ1) is 19.5. The van der Waals surface area contributed by atoms with Gasteiger partial charge in [0.15, 0.2) is 5.79 Å². The van der Waals surface area contributed by atoms with E-state index in [0.717, 1.165) is 18.4 Å². The fraction of sp³-hybridized carbons (Fsp3) is 0.522. The van der Waals surface area contributed by atoms with Crippen LogP contribution in [0.1, 0.15) is 26.2 Å². The molecule has 5 rings (SSSR count). The molecule has 2 heterocycles. The van der Waals surface area contributed by atoms with Gasteiger partial charge in [0, 0.05) is 6.42 Å². The summed E-state index contributed by atoms with van der Waals surface area (Å²) in [5.74, 6) is -4.34. The van der Waals surface area contributed by atoms with E-state index in [2.05, 4.69) is 0 Å². The van der Waals surface area contributed by atoms with Crippen molar-refractivity contribution < 1.29 is 28.6 Å². The lowest BCUT2D eigenvalue weighted by molar-refractivity contribution is -0.161. The van der Waals surface area contributed by atoms with Gasteiger partial charge in [-0.3, -0.25) is 19.3 Å². The molecule has 0 radical (unpaired) electrons. The summed E-state index contributed by atoms with van der Waals surface area (Å²) in [5, 5.41) is 0. The molecule has 1 aromatic rings. The van der Waals surface area contributed by atoms with E-state index >= 15 is 0 Å². The maximum absolute atomic E-state index is 13.6. The zero-order chi connectivity index (χ0) is 20.9. The highest BCUT2D eigenvalue weighted by Gasteiger charge is 2.62. The molecular formula is C23H25NO6. The van der Waals surface area contributed by atoms with E-state index in [9.17, 15) is 14.4 Å². The quantitative estimate of drug-likeness (QED) is 0.432. The smallest absolute Gasteiger partial charge is 0.313 e. The van der Waals surface area contributed by atoms with Gasteiger partial charge in [-0.1, -0.05) is 24.3 Å². The molecule has 0 unspecified atom stereocenters. The first-order valence-electron chi connectivity index (χ1n) is 10.7. The molecule has 4 atom stereocenters. The van der Waals surface area contributed by atoms with Crippen LogP contribution in [0.25, 0.3) is 0 Å². The summed E-state index contributed by atoms with van der Waals surface area (Å²) in [4.78, 5) is 41.2. The Balaban J connectivity index is 1.61. The normalized spacial score (nSPS) is 32.0. The van der Waals surface area contributed by atoms with Crippen molar-refractivity contribution in [2.75, 3.05) is 24.7 Å². The minimum Gasteiger partial charge on any atom is -0.466 e. The van der Waals surface area contributed by atoms with Crippen LogP contribution < -0.4 is 4.90 Å². The van der Waals surface area contributed by atoms with Crippen molar-refractivity contribution in [1.29, 1.82) is 0 Å². The first-order valence-corrected chi connectivity index (χ1v) is 10.7. The molecule has 1 aromatic carbocycles. The number of benzene rings is 1. The Morgan fingerprint density at radius 2 is 1.83 bits per heavy atom. The number of ether oxygens (including phenoxy) is 3. The van der Waals surface area contributed by atoms with Crippen molar-refractivity contribution in [3.8, 4) is 0 Å². The average molecular weight is 411 g/mol. The second kappa shape index (κ2) is 7.32. The minimum atomic E-state index is -0.887. The van der Waals surface area contributed by atoms with Crippen LogP contribution in [0.4, 0.5) is 5.69 Å². The summed E-state index contributed by atoms with van der Waals surface area (Å²) in [6, 6.07) is 8.90. The summed E-state index contributed by atoms with van der Waals surface area (Å²) in [5.41, 5.74) is 1.37. The van der Waals surface area contributed by atoms with Gasteiger partial charge in [-0.2, -0.15) is 0 Å². The number of amides is 2. The second-order valence-electron chi connectivity index (χ2n) is 8.25. The number of imide groups is 1. The van der Waals surface area contributed by atoms with E-state index in [1.165, 1.54) is 4.90 Å². The van der Waals surface area contributed by atoms with Crippen molar-refractivity contribution in [3.05, 3.63) is 42.0 Å². The molecule has 30 heavy (non-hydrogen) atoms. The van der Waals surface area contributed by atoms with E-state index < -0.39 is 29.5 Å². The lowest BCUT2D eigenvalue weighted by Crippen LogP contribution is -2.49. The number of hydrogen-bond donors (Lipinski definition) is 0. The Labute approximate surface area is 175 Å². The number of rotatable bonds is 3. The molecule has 0 N–H and O–H groups in total. The number of carbonyl (C=O) groups excluding carboxylic acids is 3. The van der Waals surface area contributed by atoms with Crippen molar-refractivity contribution in [2.45, 2.75) is 32.0 Å². The number of fused-ring (bicyclic) bond motifs is 4. The third-order valence-corrected chi connectivity index (χ3v) is 6.76. The molecule has 2 saturated heterocycles. The maximum atomic E-state index is 13.6. The third-order valence-electron chi connectivity index (χ3n) is 6.76. The van der Waals surface area contributed by atoms with Gasteiger partial charge in [0.1, 0.15) is 0 Å². The molecule has 1 spiro atoms. The van der Waals surface area contributed by atoms with Crippen molar-refractivity contribution >= 4 is 23.5 Å². The van der Waals surface area contributed by atoms with E-state index in [1.54, 1.807) is 31.2 Å². The minimum absolute atomic E-state index is 0.183. The molecule has 2 amide bonds. The second-order valence-corrected chi connectivity index (χ2v) is 8.25. The Morgan fingerprint density at radius 1 is 1.13 bits per heavy atom. The van der Waals surface area contributed by atoms with Crippen LogP contribution in [-0.4, -0.2) is 43.4 Å². The third kappa shape index (κ3) is 2.76. The Bertz CT molecular complexity index is 904. The predicted octanol–water partition coefficient (Wildman–Crippen LogP) is 2.45. The van der Waals surface area contributed by atoms with E-state index in [-0.39, 0.29) is 24.3 Å². The van der Waals surface area contributed by atoms with Crippen LogP contribution in [0.15, 0.2) is 42.0 Å². The lowest BCUT2D eigenvalue weighted by atomic mass is 9.62. The van der Waals surface area contributed by atoms with Crippen molar-refractivity contribution in [2.24, 2.45) is 23.7 Å². The highest BCUT2D eigenvalue weighted by Crippen LogP contribution is 2.55. The Kier molecular flexibility index (Phi) is 4.75. The fourth-order valence-corrected chi connectivity index (χ4v) is 5.62. The molecule has 158 valence electrons. The standard InChI is InChI=1S/C23H25NO6/c1-2-28-22(27)16-13-17-15(9-6-10-23(17)29-11-12-30-23)18-19(16)21(26)24(20(18)25)14-7-4-3-5-8-14/h3-5,7-8,13,15-16,18-19H,2,6,9-12H2,1H3/t15-,16+,18-,19+/m1/s1. The molecule has 7 heteroatoms. The monoisotopic (exact) mass is 411 g/mol. The zero-order valence-electron chi connectivity index (χ0n) is 16.9. The molecule has 4 aliphatic rings. The lowest BCUT2D eigenvalue weighted by Gasteiger charge is -2.45. The van der Waals surface area contributed by atoms with Crippen molar-refractivity contribution in [1.82, 2.24) is 0 Å². The largest absolute Gasteiger partial charge is 0.466 e. The number of anilines is 1. The van der Waals surface area contributed by atoms with Gasteiger partial charge in [-0.25, -0.2) is 0 Å². The van der Waals surface area contributed by atoms with Gasteiger partial charge in [-0.05, 0) is 43.4 Å². The van der Waals surface area contributed by atoms with E-state index in [1.807, 2.05) is 12.1 Å². The van der Waals surface area contributed by atoms with Crippen LogP contribution in [0.2, 0.25) is 0 Å². The van der Waals surface area contributed by atoms with Crippen LogP contribution in [0.3, 0.4) is 0 Å². The molecule has 0 aromatic heterocycles. The van der Waals surface area contributed by atoms with Crippen LogP contribution in [0.5, 0.6) is 0 Å². The van der Waals surface area contributed by atoms with Gasteiger partial charge < -0.3 is 14.2 Å². The number of nitrogens with zero attached hydrogens (tertiary/aromatic N) is 1. The van der Waals surface area contributed by atoms with Gasteiger partial charge in [-0.15, -0.1) is 0 Å². The van der Waals surface area contributed by atoms with Gasteiger partial charge in [0.2, 0.25) is 11.8 Å². The maximum Gasteiger partial charge on any atom is 0.313 e. The molecule has 3 fully saturated rings.